The Kier molecular flexibility index (Phi) is 2.28. The number of hydrogen-bond acceptors (Lipinski definition) is 2. The van der Waals surface area contributed by atoms with Gasteiger partial charge in [0, 0.05) is 12.4 Å². The highest BCUT2D eigenvalue weighted by Gasteiger charge is 2.48. The standard InChI is InChI=1S/C14H20N2/c15-11-13-3-6-14(7-4-13,8-5-13)12-1-9-16-10-2-12/h1-2,9-10H,3-8,11,15H2. The summed E-state index contributed by atoms with van der Waals surface area (Å²) < 4.78 is 0. The second-order valence-corrected chi connectivity index (χ2v) is 5.72. The topological polar surface area (TPSA) is 38.9 Å². The third-order valence-electron chi connectivity index (χ3n) is 5.13. The van der Waals surface area contributed by atoms with Crippen LogP contribution >= 0.6 is 0 Å². The highest BCUT2D eigenvalue weighted by atomic mass is 14.7. The zero-order valence-electron chi connectivity index (χ0n) is 9.78. The first kappa shape index (κ1) is 10.3. The van der Waals surface area contributed by atoms with Gasteiger partial charge in [-0.25, -0.2) is 0 Å². The minimum absolute atomic E-state index is 0.458. The SMILES string of the molecule is NCC12CCC(c3ccncc3)(CC1)CC2. The van der Waals surface area contributed by atoms with E-state index in [-0.39, 0.29) is 0 Å². The molecule has 16 heavy (non-hydrogen) atoms. The summed E-state index contributed by atoms with van der Waals surface area (Å²) in [5, 5.41) is 0. The maximum absolute atomic E-state index is 5.95. The van der Waals surface area contributed by atoms with Gasteiger partial charge in [-0.15, -0.1) is 0 Å². The largest absolute Gasteiger partial charge is 0.330 e. The summed E-state index contributed by atoms with van der Waals surface area (Å²) in [5.74, 6) is 0. The maximum atomic E-state index is 5.95. The second-order valence-electron chi connectivity index (χ2n) is 5.72. The van der Waals surface area contributed by atoms with Crippen molar-refractivity contribution in [2.24, 2.45) is 11.1 Å². The molecule has 1 aromatic rings. The normalized spacial score (nSPS) is 37.6. The van der Waals surface area contributed by atoms with Crippen LogP contribution in [0.5, 0.6) is 0 Å². The van der Waals surface area contributed by atoms with Crippen molar-refractivity contribution in [3.8, 4) is 0 Å². The molecule has 0 unspecified atom stereocenters. The summed E-state index contributed by atoms with van der Waals surface area (Å²) in [5.41, 5.74) is 8.41. The van der Waals surface area contributed by atoms with E-state index in [0.29, 0.717) is 10.8 Å². The van der Waals surface area contributed by atoms with E-state index in [9.17, 15) is 0 Å². The molecule has 3 saturated carbocycles. The molecule has 3 aliphatic rings. The number of fused-ring (bicyclic) bond motifs is 3. The van der Waals surface area contributed by atoms with Gasteiger partial charge in [0.2, 0.25) is 0 Å². The van der Waals surface area contributed by atoms with Crippen LogP contribution in [0.15, 0.2) is 24.5 Å². The molecular formula is C14H20N2. The van der Waals surface area contributed by atoms with Gasteiger partial charge in [-0.1, -0.05) is 0 Å². The van der Waals surface area contributed by atoms with Crippen molar-refractivity contribution in [2.45, 2.75) is 43.9 Å². The molecule has 0 spiro atoms. The van der Waals surface area contributed by atoms with Gasteiger partial charge in [-0.3, -0.25) is 4.98 Å². The fourth-order valence-corrected chi connectivity index (χ4v) is 3.71. The Morgan fingerprint density at radius 1 is 1.00 bits per heavy atom. The first-order valence-electron chi connectivity index (χ1n) is 6.39. The van der Waals surface area contributed by atoms with Crippen molar-refractivity contribution < 1.29 is 0 Å². The Labute approximate surface area is 97.3 Å². The molecule has 1 aromatic heterocycles. The lowest BCUT2D eigenvalue weighted by molar-refractivity contribution is 0.0471. The Hall–Kier alpha value is -0.890. The Morgan fingerprint density at radius 3 is 2.06 bits per heavy atom. The molecule has 1 heterocycles. The van der Waals surface area contributed by atoms with Crippen LogP contribution in [0.25, 0.3) is 0 Å². The van der Waals surface area contributed by atoms with Gasteiger partial charge >= 0.3 is 0 Å². The molecule has 0 aromatic carbocycles. The van der Waals surface area contributed by atoms with Crippen molar-refractivity contribution in [1.29, 1.82) is 0 Å². The van der Waals surface area contributed by atoms with Gasteiger partial charge in [0.25, 0.3) is 0 Å². The summed E-state index contributed by atoms with van der Waals surface area (Å²) in [6.07, 6.45) is 11.8. The average molecular weight is 216 g/mol. The number of rotatable bonds is 2. The van der Waals surface area contributed by atoms with E-state index in [1.807, 2.05) is 12.4 Å². The van der Waals surface area contributed by atoms with Crippen LogP contribution in [0, 0.1) is 5.41 Å². The predicted molar refractivity (Wildman–Crippen MR) is 65.1 cm³/mol. The van der Waals surface area contributed by atoms with Gasteiger partial charge in [0.15, 0.2) is 0 Å². The van der Waals surface area contributed by atoms with Gasteiger partial charge in [0.05, 0.1) is 0 Å². The zero-order valence-corrected chi connectivity index (χ0v) is 9.78. The average Bonchev–Trinajstić information content (AvgIpc) is 2.42. The number of nitrogens with two attached hydrogens (primary N) is 1. The molecule has 2 nitrogen and oxygen atoms in total. The van der Waals surface area contributed by atoms with Crippen molar-refractivity contribution in [3.63, 3.8) is 0 Å². The summed E-state index contributed by atoms with van der Waals surface area (Å²) in [7, 11) is 0. The number of aromatic nitrogens is 1. The first-order valence-corrected chi connectivity index (χ1v) is 6.39. The summed E-state index contributed by atoms with van der Waals surface area (Å²) in [6, 6.07) is 4.42. The van der Waals surface area contributed by atoms with E-state index in [2.05, 4.69) is 17.1 Å². The summed E-state index contributed by atoms with van der Waals surface area (Å²) in [6.45, 7) is 0.888. The number of hydrogen-bond donors (Lipinski definition) is 1. The van der Waals surface area contributed by atoms with Crippen LogP contribution in [0.1, 0.15) is 44.1 Å². The molecule has 0 atom stereocenters. The molecule has 2 N–H and O–H groups in total. The fourth-order valence-electron chi connectivity index (χ4n) is 3.71. The predicted octanol–water partition coefficient (Wildman–Crippen LogP) is 2.63. The van der Waals surface area contributed by atoms with E-state index in [1.54, 1.807) is 0 Å². The molecule has 2 heteroatoms. The Morgan fingerprint density at radius 2 is 1.56 bits per heavy atom. The first-order chi connectivity index (χ1) is 7.79. The van der Waals surface area contributed by atoms with E-state index in [4.69, 9.17) is 5.73 Å². The molecule has 0 saturated heterocycles. The minimum Gasteiger partial charge on any atom is -0.330 e. The highest BCUT2D eigenvalue weighted by Crippen LogP contribution is 2.57. The number of nitrogens with zero attached hydrogens (tertiary/aromatic N) is 1. The van der Waals surface area contributed by atoms with E-state index < -0.39 is 0 Å². The zero-order chi connectivity index (χ0) is 11.1. The monoisotopic (exact) mass is 216 g/mol. The van der Waals surface area contributed by atoms with Crippen LogP contribution in [-0.2, 0) is 5.41 Å². The van der Waals surface area contributed by atoms with Gasteiger partial charge in [-0.05, 0) is 73.6 Å². The van der Waals surface area contributed by atoms with Crippen LogP contribution in [-0.4, -0.2) is 11.5 Å². The third-order valence-corrected chi connectivity index (χ3v) is 5.13. The summed E-state index contributed by atoms with van der Waals surface area (Å²) >= 11 is 0. The molecule has 3 fully saturated rings. The second kappa shape index (κ2) is 3.56. The molecule has 4 rings (SSSR count). The molecule has 3 aliphatic carbocycles. The highest BCUT2D eigenvalue weighted by molar-refractivity contribution is 5.26. The van der Waals surface area contributed by atoms with Crippen molar-refractivity contribution in [2.75, 3.05) is 6.54 Å². The van der Waals surface area contributed by atoms with Crippen LogP contribution in [0.3, 0.4) is 0 Å². The Balaban J connectivity index is 1.89. The molecule has 0 amide bonds. The lowest BCUT2D eigenvalue weighted by atomic mass is 9.52. The molecule has 0 radical (unpaired) electrons. The summed E-state index contributed by atoms with van der Waals surface area (Å²) in [4.78, 5) is 4.13. The lowest BCUT2D eigenvalue weighted by Crippen LogP contribution is -2.47. The smallest absolute Gasteiger partial charge is 0.0270 e. The van der Waals surface area contributed by atoms with Crippen molar-refractivity contribution in [3.05, 3.63) is 30.1 Å². The van der Waals surface area contributed by atoms with E-state index in [0.717, 1.165) is 6.54 Å². The van der Waals surface area contributed by atoms with Crippen molar-refractivity contribution in [1.82, 2.24) is 4.98 Å². The van der Waals surface area contributed by atoms with E-state index >= 15 is 0 Å². The fraction of sp³-hybridized carbons (Fsp3) is 0.643. The Bertz CT molecular complexity index is 347. The third kappa shape index (κ3) is 1.40. The van der Waals surface area contributed by atoms with Gasteiger partial charge in [-0.2, -0.15) is 0 Å². The molecule has 0 aliphatic heterocycles. The van der Waals surface area contributed by atoms with Gasteiger partial charge in [0.1, 0.15) is 0 Å². The van der Waals surface area contributed by atoms with Gasteiger partial charge < -0.3 is 5.73 Å². The van der Waals surface area contributed by atoms with Crippen molar-refractivity contribution >= 4 is 0 Å². The quantitative estimate of drug-likeness (QED) is 0.825. The number of pyridine rings is 1. The lowest BCUT2D eigenvalue weighted by Gasteiger charge is -2.53. The van der Waals surface area contributed by atoms with Crippen LogP contribution in [0.2, 0.25) is 0 Å². The van der Waals surface area contributed by atoms with E-state index in [1.165, 1.54) is 44.1 Å². The molecule has 86 valence electrons. The minimum atomic E-state index is 0.458. The van der Waals surface area contributed by atoms with Crippen LogP contribution < -0.4 is 5.73 Å². The molecule has 2 bridgehead atoms. The maximum Gasteiger partial charge on any atom is 0.0270 e. The van der Waals surface area contributed by atoms with Crippen LogP contribution in [0.4, 0.5) is 0 Å². The molecular weight excluding hydrogens is 196 g/mol.